The number of amides is 2. The van der Waals surface area contributed by atoms with Crippen LogP contribution in [0.15, 0.2) is 54.6 Å². The number of hydrogen-bond donors (Lipinski definition) is 1. The van der Waals surface area contributed by atoms with Gasteiger partial charge in [0.15, 0.2) is 0 Å². The second-order valence-electron chi connectivity index (χ2n) is 6.86. The highest BCUT2D eigenvalue weighted by atomic mass is 16.2. The molecule has 1 heterocycles. The highest BCUT2D eigenvalue weighted by Crippen LogP contribution is 2.21. The summed E-state index contributed by atoms with van der Waals surface area (Å²) in [4.78, 5) is 26.3. The van der Waals surface area contributed by atoms with Gasteiger partial charge in [-0.05, 0) is 35.6 Å². The lowest BCUT2D eigenvalue weighted by Gasteiger charge is -2.31. The third-order valence-electron chi connectivity index (χ3n) is 4.87. The van der Waals surface area contributed by atoms with Gasteiger partial charge < -0.3 is 10.2 Å². The van der Waals surface area contributed by atoms with Crippen LogP contribution in [0.1, 0.15) is 31.7 Å². The summed E-state index contributed by atoms with van der Waals surface area (Å²) in [5, 5.41) is 3.05. The van der Waals surface area contributed by atoms with E-state index < -0.39 is 0 Å². The molecule has 26 heavy (non-hydrogen) atoms. The normalized spacial score (nSPS) is 17.2. The summed E-state index contributed by atoms with van der Waals surface area (Å²) in [7, 11) is 0. The van der Waals surface area contributed by atoms with Gasteiger partial charge in [-0.3, -0.25) is 9.59 Å². The number of likely N-dealkylation sites (tertiary alicyclic amines) is 1. The molecule has 0 bridgehead atoms. The SMILES string of the molecule is CCCN1C[C@H](C(=O)NCc2cccc(-c3ccccc3)c2)CCC1=O. The number of hydrogen-bond acceptors (Lipinski definition) is 2. The summed E-state index contributed by atoms with van der Waals surface area (Å²) in [6.07, 6.45) is 2.04. The van der Waals surface area contributed by atoms with Gasteiger partial charge in [0.25, 0.3) is 0 Å². The van der Waals surface area contributed by atoms with E-state index in [1.807, 2.05) is 35.2 Å². The highest BCUT2D eigenvalue weighted by Gasteiger charge is 2.29. The van der Waals surface area contributed by atoms with Crippen molar-refractivity contribution >= 4 is 11.8 Å². The van der Waals surface area contributed by atoms with Crippen LogP contribution < -0.4 is 5.32 Å². The van der Waals surface area contributed by atoms with Crippen molar-refractivity contribution in [2.45, 2.75) is 32.7 Å². The number of piperidine rings is 1. The van der Waals surface area contributed by atoms with Crippen LogP contribution in [0.25, 0.3) is 11.1 Å². The molecule has 0 spiro atoms. The van der Waals surface area contributed by atoms with Crippen LogP contribution in [0.2, 0.25) is 0 Å². The van der Waals surface area contributed by atoms with Crippen molar-refractivity contribution in [3.8, 4) is 11.1 Å². The summed E-state index contributed by atoms with van der Waals surface area (Å²) < 4.78 is 0. The average molecular weight is 350 g/mol. The summed E-state index contributed by atoms with van der Waals surface area (Å²) in [5.74, 6) is 0.117. The number of carbonyl (C=O) groups excluding carboxylic acids is 2. The lowest BCUT2D eigenvalue weighted by molar-refractivity contribution is -0.138. The van der Waals surface area contributed by atoms with Crippen molar-refractivity contribution in [1.29, 1.82) is 0 Å². The Balaban J connectivity index is 1.59. The molecule has 1 saturated heterocycles. The lowest BCUT2D eigenvalue weighted by atomic mass is 9.96. The molecule has 1 aliphatic heterocycles. The number of nitrogens with one attached hydrogen (secondary N) is 1. The first-order chi connectivity index (χ1) is 12.7. The number of nitrogens with zero attached hydrogens (tertiary/aromatic N) is 1. The summed E-state index contributed by atoms with van der Waals surface area (Å²) in [6.45, 7) is 3.85. The molecule has 3 rings (SSSR count). The average Bonchev–Trinajstić information content (AvgIpc) is 2.69. The van der Waals surface area contributed by atoms with Crippen LogP contribution in [-0.2, 0) is 16.1 Å². The Labute approximate surface area is 155 Å². The van der Waals surface area contributed by atoms with Crippen LogP contribution in [0.4, 0.5) is 0 Å². The quantitative estimate of drug-likeness (QED) is 0.865. The molecule has 1 N–H and O–H groups in total. The van der Waals surface area contributed by atoms with E-state index in [1.165, 1.54) is 5.56 Å². The van der Waals surface area contributed by atoms with E-state index in [9.17, 15) is 9.59 Å². The van der Waals surface area contributed by atoms with Gasteiger partial charge in [0, 0.05) is 26.1 Å². The minimum atomic E-state index is -0.100. The molecule has 136 valence electrons. The second-order valence-corrected chi connectivity index (χ2v) is 6.86. The molecule has 0 aliphatic carbocycles. The predicted octanol–water partition coefficient (Wildman–Crippen LogP) is 3.62. The van der Waals surface area contributed by atoms with E-state index in [2.05, 4.69) is 36.5 Å². The molecule has 2 aromatic rings. The Bertz CT molecular complexity index is 758. The molecule has 4 nitrogen and oxygen atoms in total. The molecule has 2 amide bonds. The Morgan fingerprint density at radius 1 is 1.12 bits per heavy atom. The summed E-state index contributed by atoms with van der Waals surface area (Å²) in [5.41, 5.74) is 3.40. The number of rotatable bonds is 6. The molecule has 2 aromatic carbocycles. The van der Waals surface area contributed by atoms with Crippen molar-refractivity contribution in [3.05, 3.63) is 60.2 Å². The first-order valence-corrected chi connectivity index (χ1v) is 9.37. The molecule has 0 saturated carbocycles. The van der Waals surface area contributed by atoms with Crippen LogP contribution in [0.3, 0.4) is 0 Å². The molecule has 0 unspecified atom stereocenters. The van der Waals surface area contributed by atoms with Gasteiger partial charge in [0.1, 0.15) is 0 Å². The molecule has 1 aliphatic rings. The monoisotopic (exact) mass is 350 g/mol. The van der Waals surface area contributed by atoms with Gasteiger partial charge in [-0.2, -0.15) is 0 Å². The molecular formula is C22H26N2O2. The molecule has 1 fully saturated rings. The zero-order chi connectivity index (χ0) is 18.4. The Kier molecular flexibility index (Phi) is 6.05. The molecular weight excluding hydrogens is 324 g/mol. The lowest BCUT2D eigenvalue weighted by Crippen LogP contribution is -2.45. The fourth-order valence-corrected chi connectivity index (χ4v) is 3.44. The van der Waals surface area contributed by atoms with Crippen LogP contribution in [0.5, 0.6) is 0 Å². The van der Waals surface area contributed by atoms with Crippen molar-refractivity contribution in [2.24, 2.45) is 5.92 Å². The van der Waals surface area contributed by atoms with E-state index in [1.54, 1.807) is 0 Å². The summed E-state index contributed by atoms with van der Waals surface area (Å²) in [6, 6.07) is 18.5. The van der Waals surface area contributed by atoms with Gasteiger partial charge >= 0.3 is 0 Å². The Morgan fingerprint density at radius 3 is 2.65 bits per heavy atom. The zero-order valence-electron chi connectivity index (χ0n) is 15.3. The largest absolute Gasteiger partial charge is 0.352 e. The van der Waals surface area contributed by atoms with Gasteiger partial charge in [-0.15, -0.1) is 0 Å². The van der Waals surface area contributed by atoms with E-state index in [0.717, 1.165) is 24.1 Å². The van der Waals surface area contributed by atoms with Crippen molar-refractivity contribution in [1.82, 2.24) is 10.2 Å². The minimum Gasteiger partial charge on any atom is -0.352 e. The van der Waals surface area contributed by atoms with Gasteiger partial charge in [-0.1, -0.05) is 55.5 Å². The fraction of sp³-hybridized carbons (Fsp3) is 0.364. The first-order valence-electron chi connectivity index (χ1n) is 9.37. The standard InChI is InChI=1S/C22H26N2O2/c1-2-13-24-16-20(11-12-21(24)25)22(26)23-15-17-7-6-10-19(14-17)18-8-4-3-5-9-18/h3-10,14,20H,2,11-13,15-16H2,1H3,(H,23,26)/t20-/m1/s1. The van der Waals surface area contributed by atoms with Crippen LogP contribution in [-0.4, -0.2) is 29.8 Å². The van der Waals surface area contributed by atoms with Gasteiger partial charge in [-0.25, -0.2) is 0 Å². The van der Waals surface area contributed by atoms with Crippen LogP contribution >= 0.6 is 0 Å². The first kappa shape index (κ1) is 18.2. The Morgan fingerprint density at radius 2 is 1.88 bits per heavy atom. The van der Waals surface area contributed by atoms with Crippen molar-refractivity contribution in [3.63, 3.8) is 0 Å². The number of carbonyl (C=O) groups is 2. The highest BCUT2D eigenvalue weighted by molar-refractivity contribution is 5.83. The van der Waals surface area contributed by atoms with E-state index >= 15 is 0 Å². The van der Waals surface area contributed by atoms with E-state index in [4.69, 9.17) is 0 Å². The topological polar surface area (TPSA) is 49.4 Å². The van der Waals surface area contributed by atoms with Crippen molar-refractivity contribution < 1.29 is 9.59 Å². The van der Waals surface area contributed by atoms with Crippen LogP contribution in [0, 0.1) is 5.92 Å². The van der Waals surface area contributed by atoms with Crippen molar-refractivity contribution in [2.75, 3.05) is 13.1 Å². The fourth-order valence-electron chi connectivity index (χ4n) is 3.44. The van der Waals surface area contributed by atoms with Gasteiger partial charge in [0.05, 0.1) is 5.92 Å². The molecule has 0 radical (unpaired) electrons. The maximum Gasteiger partial charge on any atom is 0.225 e. The van der Waals surface area contributed by atoms with E-state index in [0.29, 0.717) is 25.9 Å². The Hall–Kier alpha value is -2.62. The maximum atomic E-state index is 12.5. The maximum absolute atomic E-state index is 12.5. The zero-order valence-corrected chi connectivity index (χ0v) is 15.3. The molecule has 4 heteroatoms. The molecule has 0 aromatic heterocycles. The van der Waals surface area contributed by atoms with E-state index in [-0.39, 0.29) is 17.7 Å². The predicted molar refractivity (Wildman–Crippen MR) is 103 cm³/mol. The second kappa shape index (κ2) is 8.65. The number of benzene rings is 2. The third kappa shape index (κ3) is 4.51. The smallest absolute Gasteiger partial charge is 0.225 e. The summed E-state index contributed by atoms with van der Waals surface area (Å²) >= 11 is 0. The molecule has 1 atom stereocenters. The minimum absolute atomic E-state index is 0.0451. The third-order valence-corrected chi connectivity index (χ3v) is 4.87. The van der Waals surface area contributed by atoms with Gasteiger partial charge in [0.2, 0.25) is 11.8 Å².